The van der Waals surface area contributed by atoms with Gasteiger partial charge in [-0.25, -0.2) is 8.42 Å². The summed E-state index contributed by atoms with van der Waals surface area (Å²) in [5.41, 5.74) is 0. The molecule has 9 heteroatoms. The molecule has 166 valence electrons. The molecule has 1 aromatic carbocycles. The number of sulfone groups is 1. The molecule has 1 unspecified atom stereocenters. The van der Waals surface area contributed by atoms with Crippen molar-refractivity contribution in [2.75, 3.05) is 45.5 Å². The predicted molar refractivity (Wildman–Crippen MR) is 118 cm³/mol. The third-order valence-corrected chi connectivity index (χ3v) is 7.37. The molecule has 0 aromatic heterocycles. The Bertz CT molecular complexity index is 831. The van der Waals surface area contributed by atoms with E-state index in [0.29, 0.717) is 29.9 Å². The summed E-state index contributed by atoms with van der Waals surface area (Å²) in [5.74, 6) is 0.839. The van der Waals surface area contributed by atoms with Crippen molar-refractivity contribution < 1.29 is 13.2 Å². The number of aliphatic imine (C=N–C) groups is 1. The number of nitrogens with zero attached hydrogens (tertiary/aromatic N) is 3. The molecule has 0 bridgehead atoms. The first-order valence-electron chi connectivity index (χ1n) is 10.7. The zero-order valence-corrected chi connectivity index (χ0v) is 18.7. The van der Waals surface area contributed by atoms with Gasteiger partial charge in [-0.05, 0) is 31.4 Å². The summed E-state index contributed by atoms with van der Waals surface area (Å²) >= 11 is 0. The quantitative estimate of drug-likeness (QED) is 0.461. The Kier molecular flexibility index (Phi) is 7.71. The van der Waals surface area contributed by atoms with Crippen molar-refractivity contribution in [1.82, 2.24) is 20.4 Å². The topological polar surface area (TPSA) is 94.1 Å². The van der Waals surface area contributed by atoms with Crippen molar-refractivity contribution in [3.8, 4) is 0 Å². The molecule has 1 atom stereocenters. The van der Waals surface area contributed by atoms with Crippen LogP contribution < -0.4 is 10.6 Å². The number of hydrogen-bond donors (Lipinski definition) is 2. The number of carbonyl (C=O) groups excluding carboxylic acids is 1. The number of piperazine rings is 1. The van der Waals surface area contributed by atoms with E-state index in [1.54, 1.807) is 31.3 Å². The molecule has 2 fully saturated rings. The third kappa shape index (κ3) is 6.43. The Hall–Kier alpha value is -2.13. The molecule has 3 rings (SSSR count). The van der Waals surface area contributed by atoms with Crippen molar-refractivity contribution in [3.63, 3.8) is 0 Å². The zero-order valence-electron chi connectivity index (χ0n) is 17.9. The number of carbonyl (C=O) groups is 1. The molecule has 1 heterocycles. The van der Waals surface area contributed by atoms with Crippen LogP contribution in [-0.4, -0.2) is 87.7 Å². The second kappa shape index (κ2) is 10.3. The second-order valence-electron chi connectivity index (χ2n) is 8.00. The minimum atomic E-state index is -3.37. The van der Waals surface area contributed by atoms with E-state index in [2.05, 4.69) is 25.4 Å². The number of benzene rings is 1. The van der Waals surface area contributed by atoms with Crippen LogP contribution in [0, 0.1) is 0 Å². The van der Waals surface area contributed by atoms with E-state index in [0.717, 1.165) is 39.0 Å². The number of hydrogen-bond acceptors (Lipinski definition) is 5. The molecule has 30 heavy (non-hydrogen) atoms. The molecule has 2 aliphatic rings. The lowest BCUT2D eigenvalue weighted by Crippen LogP contribution is -2.56. The lowest BCUT2D eigenvalue weighted by Gasteiger charge is -2.37. The van der Waals surface area contributed by atoms with Crippen molar-refractivity contribution in [1.29, 1.82) is 0 Å². The fourth-order valence-corrected chi connectivity index (χ4v) is 5.17. The first-order valence-corrected chi connectivity index (χ1v) is 12.3. The highest BCUT2D eigenvalue weighted by atomic mass is 32.2. The van der Waals surface area contributed by atoms with E-state index in [9.17, 15) is 13.2 Å². The van der Waals surface area contributed by atoms with Crippen LogP contribution in [0.25, 0.3) is 0 Å². The summed E-state index contributed by atoms with van der Waals surface area (Å²) in [7, 11) is -1.65. The fourth-order valence-electron chi connectivity index (χ4n) is 3.55. The van der Waals surface area contributed by atoms with Gasteiger partial charge in [-0.3, -0.25) is 14.7 Å². The van der Waals surface area contributed by atoms with Gasteiger partial charge < -0.3 is 15.5 Å². The molecule has 1 saturated carbocycles. The van der Waals surface area contributed by atoms with Crippen LogP contribution >= 0.6 is 0 Å². The van der Waals surface area contributed by atoms with Crippen molar-refractivity contribution in [2.24, 2.45) is 4.99 Å². The van der Waals surface area contributed by atoms with E-state index >= 15 is 0 Å². The molecule has 1 amide bonds. The highest BCUT2D eigenvalue weighted by Gasteiger charge is 2.27. The molecule has 2 N–H and O–H groups in total. The van der Waals surface area contributed by atoms with Crippen molar-refractivity contribution in [3.05, 3.63) is 30.3 Å². The van der Waals surface area contributed by atoms with Gasteiger partial charge in [-0.2, -0.15) is 0 Å². The normalized spacial score (nSPS) is 19.4. The van der Waals surface area contributed by atoms with E-state index < -0.39 is 9.84 Å². The third-order valence-electron chi connectivity index (χ3n) is 5.54. The highest BCUT2D eigenvalue weighted by molar-refractivity contribution is 7.91. The second-order valence-corrected chi connectivity index (χ2v) is 10.0. The molecular weight excluding hydrogens is 402 g/mol. The largest absolute Gasteiger partial charge is 0.352 e. The summed E-state index contributed by atoms with van der Waals surface area (Å²) in [4.78, 5) is 21.0. The Labute approximate surface area is 179 Å². The van der Waals surface area contributed by atoms with Crippen LogP contribution in [0.3, 0.4) is 0 Å². The molecule has 1 aromatic rings. The lowest BCUT2D eigenvalue weighted by molar-refractivity contribution is -0.122. The molecule has 0 spiro atoms. The average Bonchev–Trinajstić information content (AvgIpc) is 3.56. The van der Waals surface area contributed by atoms with Crippen LogP contribution in [0.2, 0.25) is 0 Å². The lowest BCUT2D eigenvalue weighted by atomic mass is 10.2. The van der Waals surface area contributed by atoms with Gasteiger partial charge in [0.15, 0.2) is 15.8 Å². The van der Waals surface area contributed by atoms with Gasteiger partial charge in [-0.15, -0.1) is 0 Å². The van der Waals surface area contributed by atoms with Crippen LogP contribution in [0.5, 0.6) is 0 Å². The van der Waals surface area contributed by atoms with Gasteiger partial charge in [-0.1, -0.05) is 25.1 Å². The maximum absolute atomic E-state index is 12.7. The van der Waals surface area contributed by atoms with Crippen LogP contribution in [0.4, 0.5) is 0 Å². The number of rotatable bonds is 8. The average molecular weight is 436 g/mol. The minimum Gasteiger partial charge on any atom is -0.352 e. The van der Waals surface area contributed by atoms with Gasteiger partial charge in [0.2, 0.25) is 5.91 Å². The van der Waals surface area contributed by atoms with E-state index in [1.165, 1.54) is 0 Å². The maximum Gasteiger partial charge on any atom is 0.234 e. The van der Waals surface area contributed by atoms with Crippen LogP contribution in [-0.2, 0) is 14.6 Å². The first kappa shape index (κ1) is 22.6. The van der Waals surface area contributed by atoms with Crippen LogP contribution in [0.1, 0.15) is 26.2 Å². The molecule has 1 saturated heterocycles. The number of amides is 1. The molecule has 0 radical (unpaired) electrons. The van der Waals surface area contributed by atoms with Crippen molar-refractivity contribution in [2.45, 2.75) is 43.2 Å². The van der Waals surface area contributed by atoms with Crippen LogP contribution in [0.15, 0.2) is 40.2 Å². The SMILES string of the molecule is CCC(CS(=O)(=O)c1ccccc1)NC(=NC)N1CCN(CC(=O)NC2CC2)CC1. The maximum atomic E-state index is 12.7. The summed E-state index contributed by atoms with van der Waals surface area (Å²) in [6, 6.07) is 8.72. The Morgan fingerprint density at radius 3 is 2.40 bits per heavy atom. The molecule has 1 aliphatic heterocycles. The Morgan fingerprint density at radius 2 is 1.83 bits per heavy atom. The fraction of sp³-hybridized carbons (Fsp3) is 0.619. The van der Waals surface area contributed by atoms with E-state index in [-0.39, 0.29) is 17.7 Å². The number of guanidine groups is 1. The zero-order chi connectivity index (χ0) is 21.6. The van der Waals surface area contributed by atoms with Gasteiger partial charge in [0.05, 0.1) is 17.2 Å². The van der Waals surface area contributed by atoms with Gasteiger partial charge in [0, 0.05) is 45.3 Å². The highest BCUT2D eigenvalue weighted by Crippen LogP contribution is 2.18. The summed E-state index contributed by atoms with van der Waals surface area (Å²) in [6.45, 7) is 5.46. The van der Waals surface area contributed by atoms with E-state index in [1.807, 2.05) is 13.0 Å². The number of nitrogens with one attached hydrogen (secondary N) is 2. The monoisotopic (exact) mass is 435 g/mol. The Balaban J connectivity index is 1.51. The standard InChI is InChI=1S/C21H33N5O3S/c1-3-17(16-30(28,29)19-7-5-4-6-8-19)24-21(22-2)26-13-11-25(12-14-26)15-20(27)23-18-9-10-18/h4-8,17-18H,3,9-16H2,1-2H3,(H,22,24)(H,23,27). The van der Waals surface area contributed by atoms with Gasteiger partial charge in [0.1, 0.15) is 0 Å². The van der Waals surface area contributed by atoms with Gasteiger partial charge in [0.25, 0.3) is 0 Å². The predicted octanol–water partition coefficient (Wildman–Crippen LogP) is 0.711. The summed E-state index contributed by atoms with van der Waals surface area (Å²) < 4.78 is 25.5. The van der Waals surface area contributed by atoms with Gasteiger partial charge >= 0.3 is 0 Å². The Morgan fingerprint density at radius 1 is 1.17 bits per heavy atom. The smallest absolute Gasteiger partial charge is 0.234 e. The molecule has 1 aliphatic carbocycles. The molecule has 8 nitrogen and oxygen atoms in total. The van der Waals surface area contributed by atoms with Crippen molar-refractivity contribution >= 4 is 21.7 Å². The molecular formula is C21H33N5O3S. The van der Waals surface area contributed by atoms with E-state index in [4.69, 9.17) is 0 Å². The first-order chi connectivity index (χ1) is 14.4. The summed E-state index contributed by atoms with van der Waals surface area (Å²) in [5, 5.41) is 6.37. The summed E-state index contributed by atoms with van der Waals surface area (Å²) in [6.07, 6.45) is 2.87. The minimum absolute atomic E-state index is 0.0217.